The van der Waals surface area contributed by atoms with Gasteiger partial charge in [0.25, 0.3) is 5.91 Å². The molecule has 0 aliphatic rings. The number of rotatable bonds is 8. The molecule has 0 aromatic heterocycles. The van der Waals surface area contributed by atoms with E-state index in [0.29, 0.717) is 33.5 Å². The molecular formula is C25H23ClN4O5. The van der Waals surface area contributed by atoms with Crippen molar-refractivity contribution in [1.29, 1.82) is 0 Å². The van der Waals surface area contributed by atoms with E-state index in [0.717, 1.165) is 5.56 Å². The number of carbonyl (C=O) groups is 3. The highest BCUT2D eigenvalue weighted by Crippen LogP contribution is 2.20. The molecule has 0 unspecified atom stereocenters. The Bertz CT molecular complexity index is 1260. The fourth-order valence-electron chi connectivity index (χ4n) is 2.81. The Hall–Kier alpha value is -4.37. The molecule has 0 fully saturated rings. The van der Waals surface area contributed by atoms with Gasteiger partial charge in [-0.1, -0.05) is 35.9 Å². The molecule has 10 heteroatoms. The van der Waals surface area contributed by atoms with E-state index in [1.165, 1.54) is 6.21 Å². The smallest absolute Gasteiger partial charge is 0.329 e. The molecule has 0 atom stereocenters. The average molecular weight is 495 g/mol. The van der Waals surface area contributed by atoms with E-state index in [9.17, 15) is 14.4 Å². The number of amides is 3. The van der Waals surface area contributed by atoms with E-state index in [4.69, 9.17) is 21.1 Å². The lowest BCUT2D eigenvalue weighted by atomic mass is 10.2. The first-order valence-electron chi connectivity index (χ1n) is 10.4. The molecule has 3 aromatic carbocycles. The Labute approximate surface area is 207 Å². The lowest BCUT2D eigenvalue weighted by molar-refractivity contribution is -0.136. The van der Waals surface area contributed by atoms with E-state index in [-0.39, 0.29) is 12.5 Å². The first-order chi connectivity index (χ1) is 16.8. The summed E-state index contributed by atoms with van der Waals surface area (Å²) in [4.78, 5) is 36.1. The van der Waals surface area contributed by atoms with Crippen LogP contribution in [0.4, 0.5) is 11.4 Å². The van der Waals surface area contributed by atoms with Gasteiger partial charge in [-0.3, -0.25) is 14.4 Å². The van der Waals surface area contributed by atoms with Gasteiger partial charge in [0.1, 0.15) is 11.5 Å². The predicted octanol–water partition coefficient (Wildman–Crippen LogP) is 3.76. The van der Waals surface area contributed by atoms with Gasteiger partial charge < -0.3 is 20.1 Å². The van der Waals surface area contributed by atoms with Crippen LogP contribution in [-0.4, -0.2) is 37.7 Å². The third-order valence-electron chi connectivity index (χ3n) is 4.60. The number of nitrogens with zero attached hydrogens (tertiary/aromatic N) is 1. The summed E-state index contributed by atoms with van der Waals surface area (Å²) >= 11 is 6.02. The summed E-state index contributed by atoms with van der Waals surface area (Å²) < 4.78 is 10.6. The topological polar surface area (TPSA) is 118 Å². The van der Waals surface area contributed by atoms with Crippen LogP contribution in [0.2, 0.25) is 5.02 Å². The van der Waals surface area contributed by atoms with Gasteiger partial charge >= 0.3 is 11.8 Å². The highest BCUT2D eigenvalue weighted by atomic mass is 35.5. The monoisotopic (exact) mass is 494 g/mol. The summed E-state index contributed by atoms with van der Waals surface area (Å²) in [6.45, 7) is 1.62. The number of halogens is 1. The normalized spacial score (nSPS) is 10.5. The zero-order valence-corrected chi connectivity index (χ0v) is 19.8. The second-order valence-corrected chi connectivity index (χ2v) is 7.67. The van der Waals surface area contributed by atoms with Crippen LogP contribution >= 0.6 is 11.6 Å². The Morgan fingerprint density at radius 2 is 1.66 bits per heavy atom. The van der Waals surface area contributed by atoms with Crippen LogP contribution in [-0.2, 0) is 14.4 Å². The molecule has 0 aliphatic heterocycles. The molecule has 0 saturated carbocycles. The third-order valence-corrected chi connectivity index (χ3v) is 5.00. The molecule has 3 amide bonds. The van der Waals surface area contributed by atoms with Crippen molar-refractivity contribution in [3.05, 3.63) is 82.9 Å². The van der Waals surface area contributed by atoms with Crippen LogP contribution < -0.4 is 25.5 Å². The van der Waals surface area contributed by atoms with Crippen molar-refractivity contribution >= 4 is 46.9 Å². The lowest BCUT2D eigenvalue weighted by Gasteiger charge is -2.09. The standard InChI is InChI=1S/C25H23ClN4O5/c1-16-9-10-19(13-22(16)26)29-24(32)25(33)30-27-14-17-5-3-8-21(11-17)35-15-23(31)28-18-6-4-7-20(12-18)34-2/h3-14H,15H2,1-2H3,(H,28,31)(H,29,32)(H,30,33)/b27-14-. The summed E-state index contributed by atoms with van der Waals surface area (Å²) in [6.07, 6.45) is 1.34. The van der Waals surface area contributed by atoms with Crippen molar-refractivity contribution < 1.29 is 23.9 Å². The van der Waals surface area contributed by atoms with E-state index >= 15 is 0 Å². The Balaban J connectivity index is 1.48. The molecule has 3 rings (SSSR count). The molecule has 3 N–H and O–H groups in total. The van der Waals surface area contributed by atoms with Crippen molar-refractivity contribution in [3.63, 3.8) is 0 Å². The van der Waals surface area contributed by atoms with E-state index in [1.807, 2.05) is 6.92 Å². The van der Waals surface area contributed by atoms with Crippen LogP contribution in [0.1, 0.15) is 11.1 Å². The maximum atomic E-state index is 12.2. The molecule has 0 bridgehead atoms. The van der Waals surface area contributed by atoms with Gasteiger partial charge in [-0.05, 0) is 54.4 Å². The number of hydrogen-bond acceptors (Lipinski definition) is 6. The minimum atomic E-state index is -0.945. The zero-order chi connectivity index (χ0) is 25.2. The number of carbonyl (C=O) groups excluding carboxylic acids is 3. The summed E-state index contributed by atoms with van der Waals surface area (Å²) in [6, 6.07) is 18.6. The van der Waals surface area contributed by atoms with Crippen molar-refractivity contribution in [2.75, 3.05) is 24.4 Å². The molecule has 0 saturated heterocycles. The minimum absolute atomic E-state index is 0.211. The Morgan fingerprint density at radius 1 is 0.914 bits per heavy atom. The minimum Gasteiger partial charge on any atom is -0.497 e. The summed E-state index contributed by atoms with van der Waals surface area (Å²) in [5.41, 5.74) is 4.57. The lowest BCUT2D eigenvalue weighted by Crippen LogP contribution is -2.32. The van der Waals surface area contributed by atoms with Crippen LogP contribution in [0.15, 0.2) is 71.8 Å². The summed E-state index contributed by atoms with van der Waals surface area (Å²) in [5.74, 6) is -1.12. The van der Waals surface area contributed by atoms with E-state index in [2.05, 4.69) is 21.2 Å². The van der Waals surface area contributed by atoms with Gasteiger partial charge in [0, 0.05) is 22.5 Å². The van der Waals surface area contributed by atoms with Crippen LogP contribution in [0.5, 0.6) is 11.5 Å². The Morgan fingerprint density at radius 3 is 2.43 bits per heavy atom. The molecule has 180 valence electrons. The van der Waals surface area contributed by atoms with Crippen LogP contribution in [0.25, 0.3) is 0 Å². The summed E-state index contributed by atoms with van der Waals surface area (Å²) in [5, 5.41) is 9.42. The first-order valence-corrected chi connectivity index (χ1v) is 10.8. The van der Waals surface area contributed by atoms with Gasteiger partial charge in [0.05, 0.1) is 13.3 Å². The SMILES string of the molecule is COc1cccc(NC(=O)COc2cccc(/C=N\NC(=O)C(=O)Nc3ccc(C)c(Cl)c3)c2)c1. The number of nitrogens with one attached hydrogen (secondary N) is 3. The molecule has 0 spiro atoms. The van der Waals surface area contributed by atoms with Crippen molar-refractivity contribution in [2.45, 2.75) is 6.92 Å². The van der Waals surface area contributed by atoms with E-state index in [1.54, 1.807) is 73.8 Å². The van der Waals surface area contributed by atoms with Crippen LogP contribution in [0.3, 0.4) is 0 Å². The second kappa shape index (κ2) is 12.2. The third kappa shape index (κ3) is 7.86. The van der Waals surface area contributed by atoms with Crippen molar-refractivity contribution in [2.24, 2.45) is 5.10 Å². The fraction of sp³-hybridized carbons (Fsp3) is 0.120. The zero-order valence-electron chi connectivity index (χ0n) is 19.0. The van der Waals surface area contributed by atoms with Crippen molar-refractivity contribution in [3.8, 4) is 11.5 Å². The summed E-state index contributed by atoms with van der Waals surface area (Å²) in [7, 11) is 1.54. The largest absolute Gasteiger partial charge is 0.497 e. The van der Waals surface area contributed by atoms with E-state index < -0.39 is 11.8 Å². The number of aryl methyl sites for hydroxylation is 1. The first kappa shape index (κ1) is 25.3. The molecule has 0 radical (unpaired) electrons. The number of ether oxygens (including phenoxy) is 2. The molecule has 3 aromatic rings. The number of benzene rings is 3. The Kier molecular flexibility index (Phi) is 8.80. The molecule has 9 nitrogen and oxygen atoms in total. The maximum Gasteiger partial charge on any atom is 0.329 e. The molecule has 0 heterocycles. The van der Waals surface area contributed by atoms with Gasteiger partial charge in [-0.15, -0.1) is 0 Å². The number of hydrazone groups is 1. The van der Waals surface area contributed by atoms with Gasteiger partial charge in [-0.25, -0.2) is 5.43 Å². The highest BCUT2D eigenvalue weighted by molar-refractivity contribution is 6.39. The number of anilines is 2. The molecule has 0 aliphatic carbocycles. The number of methoxy groups -OCH3 is 1. The fourth-order valence-corrected chi connectivity index (χ4v) is 2.99. The van der Waals surface area contributed by atoms with Gasteiger partial charge in [0.2, 0.25) is 0 Å². The van der Waals surface area contributed by atoms with Crippen LogP contribution in [0, 0.1) is 6.92 Å². The average Bonchev–Trinajstić information content (AvgIpc) is 2.85. The molecule has 35 heavy (non-hydrogen) atoms. The maximum absolute atomic E-state index is 12.2. The number of hydrogen-bond donors (Lipinski definition) is 3. The second-order valence-electron chi connectivity index (χ2n) is 7.26. The van der Waals surface area contributed by atoms with Gasteiger partial charge in [-0.2, -0.15) is 5.10 Å². The van der Waals surface area contributed by atoms with Gasteiger partial charge in [0.15, 0.2) is 6.61 Å². The quantitative estimate of drug-likeness (QED) is 0.250. The predicted molar refractivity (Wildman–Crippen MR) is 134 cm³/mol. The highest BCUT2D eigenvalue weighted by Gasteiger charge is 2.13. The molecular weight excluding hydrogens is 472 g/mol. The van der Waals surface area contributed by atoms with Crippen molar-refractivity contribution in [1.82, 2.24) is 5.43 Å².